The number of oxazole rings is 1. The van der Waals surface area contributed by atoms with Crippen molar-refractivity contribution in [2.24, 2.45) is 7.05 Å². The first-order chi connectivity index (χ1) is 10.8. The number of benzene rings is 1. The van der Waals surface area contributed by atoms with E-state index in [0.29, 0.717) is 16.9 Å². The summed E-state index contributed by atoms with van der Waals surface area (Å²) in [5.74, 6) is -0.613. The number of aryl methyl sites for hydroxylation is 1. The molecular formula is C11H8N4O6S2. The third-order valence-electron chi connectivity index (χ3n) is 2.97. The first kappa shape index (κ1) is 15.2. The summed E-state index contributed by atoms with van der Waals surface area (Å²) in [5.41, 5.74) is 0.560. The molecule has 1 aromatic carbocycles. The van der Waals surface area contributed by atoms with Crippen molar-refractivity contribution in [1.29, 1.82) is 0 Å². The third kappa shape index (κ3) is 2.68. The minimum absolute atomic E-state index is 0.126. The number of hydrogen-bond acceptors (Lipinski definition) is 8. The Morgan fingerprint density at radius 3 is 2.83 bits per heavy atom. The number of anilines is 1. The summed E-state index contributed by atoms with van der Waals surface area (Å²) < 4.78 is 32.9. The summed E-state index contributed by atoms with van der Waals surface area (Å²) >= 11 is 0.599. The highest BCUT2D eigenvalue weighted by Crippen LogP contribution is 2.27. The molecule has 3 rings (SSSR count). The highest BCUT2D eigenvalue weighted by molar-refractivity contribution is 7.93. The van der Waals surface area contributed by atoms with Crippen LogP contribution in [0.25, 0.3) is 11.1 Å². The first-order valence-electron chi connectivity index (χ1n) is 6.00. The van der Waals surface area contributed by atoms with Crippen molar-refractivity contribution in [2.75, 3.05) is 4.72 Å². The maximum absolute atomic E-state index is 12.3. The molecule has 3 aromatic rings. The number of sulfonamides is 1. The molecule has 2 heterocycles. The van der Waals surface area contributed by atoms with Crippen LogP contribution in [-0.4, -0.2) is 22.9 Å². The first-order valence-corrected chi connectivity index (χ1v) is 8.30. The van der Waals surface area contributed by atoms with Crippen molar-refractivity contribution in [2.45, 2.75) is 4.90 Å². The van der Waals surface area contributed by atoms with E-state index in [-0.39, 0.29) is 20.6 Å². The standard InChI is InChI=1S/C11H8N4O6S2/c1-14-7-4-6(2-3-8(7)21-11(14)16)23(19,20)13-10-12-5-9(22-10)15(17)18/h2-5H,1H3,(H,12,13). The Kier molecular flexibility index (Phi) is 3.41. The van der Waals surface area contributed by atoms with Gasteiger partial charge in [0.1, 0.15) is 6.20 Å². The topological polar surface area (TPSA) is 137 Å². The van der Waals surface area contributed by atoms with Crippen LogP contribution >= 0.6 is 11.3 Å². The van der Waals surface area contributed by atoms with Crippen LogP contribution in [0.4, 0.5) is 10.1 Å². The smallest absolute Gasteiger partial charge is 0.408 e. The molecule has 0 spiro atoms. The number of thiazole rings is 1. The van der Waals surface area contributed by atoms with Gasteiger partial charge in [-0.25, -0.2) is 18.2 Å². The van der Waals surface area contributed by atoms with Crippen LogP contribution in [0.3, 0.4) is 0 Å². The maximum atomic E-state index is 12.3. The molecule has 0 amide bonds. The number of rotatable bonds is 4. The lowest BCUT2D eigenvalue weighted by molar-refractivity contribution is -0.380. The van der Waals surface area contributed by atoms with Gasteiger partial charge in [0, 0.05) is 7.05 Å². The van der Waals surface area contributed by atoms with Gasteiger partial charge in [-0.2, -0.15) is 0 Å². The second kappa shape index (κ2) is 5.17. The zero-order valence-electron chi connectivity index (χ0n) is 11.4. The van der Waals surface area contributed by atoms with Crippen molar-refractivity contribution in [3.05, 3.63) is 45.1 Å². The zero-order chi connectivity index (χ0) is 16.8. The minimum Gasteiger partial charge on any atom is -0.408 e. The lowest BCUT2D eigenvalue weighted by Crippen LogP contribution is -2.13. The van der Waals surface area contributed by atoms with E-state index in [0.717, 1.165) is 6.20 Å². The molecule has 0 atom stereocenters. The average molecular weight is 356 g/mol. The number of fused-ring (bicyclic) bond motifs is 1. The van der Waals surface area contributed by atoms with E-state index in [2.05, 4.69) is 9.71 Å². The van der Waals surface area contributed by atoms with Crippen LogP contribution in [0.5, 0.6) is 0 Å². The molecule has 12 heteroatoms. The van der Waals surface area contributed by atoms with Crippen molar-refractivity contribution >= 4 is 42.6 Å². The van der Waals surface area contributed by atoms with Gasteiger partial charge in [0.05, 0.1) is 15.3 Å². The highest BCUT2D eigenvalue weighted by atomic mass is 32.2. The summed E-state index contributed by atoms with van der Waals surface area (Å²) in [6.07, 6.45) is 0.964. The molecular weight excluding hydrogens is 348 g/mol. The SMILES string of the molecule is Cn1c(=O)oc2ccc(S(=O)(=O)Nc3ncc([N+](=O)[O-])s3)cc21. The van der Waals surface area contributed by atoms with Gasteiger partial charge < -0.3 is 4.42 Å². The second-order valence-electron chi connectivity index (χ2n) is 4.42. The fourth-order valence-corrected chi connectivity index (χ4v) is 3.74. The molecule has 0 aliphatic heterocycles. The number of nitrogens with zero attached hydrogens (tertiary/aromatic N) is 3. The molecule has 0 fully saturated rings. The van der Waals surface area contributed by atoms with E-state index in [4.69, 9.17) is 4.42 Å². The molecule has 0 saturated carbocycles. The summed E-state index contributed by atoms with van der Waals surface area (Å²) in [4.78, 5) is 24.9. The normalized spacial score (nSPS) is 11.7. The van der Waals surface area contributed by atoms with Crippen LogP contribution in [0.1, 0.15) is 0 Å². The molecule has 0 bridgehead atoms. The highest BCUT2D eigenvalue weighted by Gasteiger charge is 2.20. The average Bonchev–Trinajstić information content (AvgIpc) is 3.04. The molecule has 0 aliphatic rings. The molecule has 23 heavy (non-hydrogen) atoms. The van der Waals surface area contributed by atoms with E-state index in [1.807, 2.05) is 0 Å². The lowest BCUT2D eigenvalue weighted by Gasteiger charge is -2.04. The largest absolute Gasteiger partial charge is 0.419 e. The molecule has 120 valence electrons. The van der Waals surface area contributed by atoms with E-state index in [1.165, 1.54) is 29.8 Å². The van der Waals surface area contributed by atoms with Gasteiger partial charge >= 0.3 is 10.8 Å². The molecule has 0 saturated heterocycles. The quantitative estimate of drug-likeness (QED) is 0.549. The summed E-state index contributed by atoms with van der Waals surface area (Å²) in [7, 11) is -2.56. The van der Waals surface area contributed by atoms with Crippen LogP contribution < -0.4 is 10.5 Å². The van der Waals surface area contributed by atoms with Crippen molar-refractivity contribution in [3.63, 3.8) is 0 Å². The number of aromatic nitrogens is 2. The van der Waals surface area contributed by atoms with Crippen molar-refractivity contribution < 1.29 is 17.8 Å². The number of nitrogens with one attached hydrogen (secondary N) is 1. The second-order valence-corrected chi connectivity index (χ2v) is 7.11. The molecule has 0 radical (unpaired) electrons. The fourth-order valence-electron chi connectivity index (χ4n) is 1.84. The molecule has 0 unspecified atom stereocenters. The fraction of sp³-hybridized carbons (Fsp3) is 0.0909. The lowest BCUT2D eigenvalue weighted by atomic mass is 10.3. The summed E-state index contributed by atoms with van der Waals surface area (Å²) in [6.45, 7) is 0. The van der Waals surface area contributed by atoms with E-state index < -0.39 is 20.7 Å². The summed E-state index contributed by atoms with van der Waals surface area (Å²) in [5, 5.41) is 10.2. The number of nitro groups is 1. The van der Waals surface area contributed by atoms with E-state index in [9.17, 15) is 23.3 Å². The number of hydrogen-bond donors (Lipinski definition) is 1. The van der Waals surface area contributed by atoms with Gasteiger partial charge in [0.2, 0.25) is 5.13 Å². The Balaban J connectivity index is 2.00. The van der Waals surface area contributed by atoms with Gasteiger partial charge in [-0.1, -0.05) is 0 Å². The molecule has 10 nitrogen and oxygen atoms in total. The molecule has 1 N–H and O–H groups in total. The Bertz CT molecular complexity index is 1080. The van der Waals surface area contributed by atoms with Crippen LogP contribution in [0.2, 0.25) is 0 Å². The zero-order valence-corrected chi connectivity index (χ0v) is 13.1. The summed E-state index contributed by atoms with van der Waals surface area (Å²) in [6, 6.07) is 3.88. The predicted octanol–water partition coefficient (Wildman–Crippen LogP) is 1.30. The van der Waals surface area contributed by atoms with Gasteiger partial charge in [0.15, 0.2) is 5.58 Å². The van der Waals surface area contributed by atoms with Crippen LogP contribution in [0, 0.1) is 10.1 Å². The minimum atomic E-state index is -4.01. The van der Waals surface area contributed by atoms with Crippen molar-refractivity contribution in [1.82, 2.24) is 9.55 Å². The Hall–Kier alpha value is -2.73. The van der Waals surface area contributed by atoms with Gasteiger partial charge in [0.25, 0.3) is 10.0 Å². The monoisotopic (exact) mass is 356 g/mol. The van der Waals surface area contributed by atoms with Gasteiger partial charge in [-0.3, -0.25) is 19.4 Å². The third-order valence-corrected chi connectivity index (χ3v) is 5.30. The van der Waals surface area contributed by atoms with E-state index in [1.54, 1.807) is 0 Å². The van der Waals surface area contributed by atoms with Crippen LogP contribution in [0.15, 0.2) is 38.5 Å². The van der Waals surface area contributed by atoms with E-state index >= 15 is 0 Å². The Labute approximate surface area is 132 Å². The predicted molar refractivity (Wildman–Crippen MR) is 81.0 cm³/mol. The Morgan fingerprint density at radius 1 is 1.43 bits per heavy atom. The molecule has 0 aliphatic carbocycles. The van der Waals surface area contributed by atoms with Gasteiger partial charge in [-0.05, 0) is 29.5 Å². The maximum Gasteiger partial charge on any atom is 0.419 e. The van der Waals surface area contributed by atoms with Gasteiger partial charge in [-0.15, -0.1) is 0 Å². The Morgan fingerprint density at radius 2 is 2.17 bits per heavy atom. The van der Waals surface area contributed by atoms with Crippen molar-refractivity contribution in [3.8, 4) is 0 Å². The van der Waals surface area contributed by atoms with Crippen LogP contribution in [-0.2, 0) is 17.1 Å². The molecule has 2 aromatic heterocycles.